The second kappa shape index (κ2) is 7.08. The number of hydrogen-bond acceptors (Lipinski definition) is 8. The van der Waals surface area contributed by atoms with Gasteiger partial charge < -0.3 is 19.9 Å². The number of fused-ring (bicyclic) bond motifs is 1. The standard InChI is InChI=1S/C19H18N4O5/c1-4-13-14-16(23(22-13)11-8-6-5-7-9-11)28-15(21)12(10-20)19(14,17(24)26-2)18(25)27-3/h5-9H,4,21H2,1-3H3. The largest absolute Gasteiger partial charge is 0.468 e. The number of aromatic nitrogens is 2. The van der Waals surface area contributed by atoms with E-state index in [0.717, 1.165) is 14.2 Å². The van der Waals surface area contributed by atoms with E-state index in [1.807, 2.05) is 12.1 Å². The van der Waals surface area contributed by atoms with E-state index in [0.29, 0.717) is 17.8 Å². The van der Waals surface area contributed by atoms with Gasteiger partial charge in [0, 0.05) is 0 Å². The first-order valence-corrected chi connectivity index (χ1v) is 8.40. The van der Waals surface area contributed by atoms with Crippen LogP contribution in [0.2, 0.25) is 0 Å². The summed E-state index contributed by atoms with van der Waals surface area (Å²) in [6, 6.07) is 10.8. The number of nitriles is 1. The molecule has 3 rings (SSSR count). The van der Waals surface area contributed by atoms with Crippen molar-refractivity contribution in [1.82, 2.24) is 9.78 Å². The Labute approximate surface area is 160 Å². The minimum absolute atomic E-state index is 0.0513. The van der Waals surface area contributed by atoms with Gasteiger partial charge in [-0.1, -0.05) is 25.1 Å². The fourth-order valence-corrected chi connectivity index (χ4v) is 3.31. The normalized spacial score (nSPS) is 14.5. The number of aryl methyl sites for hydroxylation is 1. The monoisotopic (exact) mass is 382 g/mol. The van der Waals surface area contributed by atoms with Crippen LogP contribution in [0.1, 0.15) is 18.2 Å². The van der Waals surface area contributed by atoms with Gasteiger partial charge in [-0.25, -0.2) is 4.68 Å². The van der Waals surface area contributed by atoms with Gasteiger partial charge in [0.25, 0.3) is 0 Å². The number of esters is 2. The minimum Gasteiger partial charge on any atom is -0.468 e. The van der Waals surface area contributed by atoms with Crippen molar-refractivity contribution in [2.75, 3.05) is 14.2 Å². The number of carbonyl (C=O) groups excluding carboxylic acids is 2. The summed E-state index contributed by atoms with van der Waals surface area (Å²) in [5.41, 5.74) is 4.39. The van der Waals surface area contributed by atoms with Crippen LogP contribution in [-0.2, 0) is 30.9 Å². The zero-order chi connectivity index (χ0) is 20.5. The second-order valence-corrected chi connectivity index (χ2v) is 5.91. The van der Waals surface area contributed by atoms with E-state index >= 15 is 0 Å². The van der Waals surface area contributed by atoms with Gasteiger partial charge in [0.2, 0.25) is 17.2 Å². The zero-order valence-corrected chi connectivity index (χ0v) is 15.6. The van der Waals surface area contributed by atoms with Crippen LogP contribution in [0.5, 0.6) is 5.88 Å². The van der Waals surface area contributed by atoms with Crippen molar-refractivity contribution >= 4 is 11.9 Å². The zero-order valence-electron chi connectivity index (χ0n) is 15.6. The van der Waals surface area contributed by atoms with E-state index in [9.17, 15) is 14.9 Å². The Morgan fingerprint density at radius 3 is 2.36 bits per heavy atom. The fourth-order valence-electron chi connectivity index (χ4n) is 3.31. The number of para-hydroxylation sites is 1. The number of benzene rings is 1. The van der Waals surface area contributed by atoms with E-state index in [2.05, 4.69) is 5.10 Å². The highest BCUT2D eigenvalue weighted by Gasteiger charge is 2.61. The van der Waals surface area contributed by atoms with Crippen molar-refractivity contribution in [3.8, 4) is 17.6 Å². The Bertz CT molecular complexity index is 1000. The Kier molecular flexibility index (Phi) is 4.79. The molecule has 2 heterocycles. The third-order valence-corrected chi connectivity index (χ3v) is 4.55. The Balaban J connectivity index is 2.46. The summed E-state index contributed by atoms with van der Waals surface area (Å²) < 4.78 is 16.9. The lowest BCUT2D eigenvalue weighted by Crippen LogP contribution is -2.50. The Morgan fingerprint density at radius 1 is 1.25 bits per heavy atom. The Morgan fingerprint density at radius 2 is 1.86 bits per heavy atom. The van der Waals surface area contributed by atoms with Crippen molar-refractivity contribution in [3.05, 3.63) is 53.0 Å². The van der Waals surface area contributed by atoms with Crippen molar-refractivity contribution in [2.45, 2.75) is 18.8 Å². The highest BCUT2D eigenvalue weighted by atomic mass is 16.5. The fraction of sp³-hybridized carbons (Fsp3) is 0.263. The molecule has 0 saturated carbocycles. The van der Waals surface area contributed by atoms with Crippen LogP contribution in [0.4, 0.5) is 0 Å². The predicted octanol–water partition coefficient (Wildman–Crippen LogP) is 1.10. The predicted molar refractivity (Wildman–Crippen MR) is 96.1 cm³/mol. The van der Waals surface area contributed by atoms with Crippen LogP contribution < -0.4 is 10.5 Å². The first-order chi connectivity index (χ1) is 13.5. The summed E-state index contributed by atoms with van der Waals surface area (Å²) in [4.78, 5) is 25.8. The molecule has 0 aliphatic carbocycles. The van der Waals surface area contributed by atoms with Gasteiger partial charge in [0.15, 0.2) is 0 Å². The van der Waals surface area contributed by atoms with Gasteiger partial charge in [0.05, 0.1) is 31.2 Å². The topological polar surface area (TPSA) is 129 Å². The third-order valence-electron chi connectivity index (χ3n) is 4.55. The number of methoxy groups -OCH3 is 2. The molecule has 1 aromatic carbocycles. The smallest absolute Gasteiger partial charge is 0.333 e. The molecule has 0 atom stereocenters. The lowest BCUT2D eigenvalue weighted by atomic mass is 9.72. The maximum atomic E-state index is 12.9. The first-order valence-electron chi connectivity index (χ1n) is 8.40. The molecule has 9 nitrogen and oxygen atoms in total. The van der Waals surface area contributed by atoms with E-state index in [1.165, 1.54) is 4.68 Å². The number of carbonyl (C=O) groups is 2. The van der Waals surface area contributed by atoms with Crippen molar-refractivity contribution in [3.63, 3.8) is 0 Å². The van der Waals surface area contributed by atoms with Gasteiger partial charge in [-0.05, 0) is 18.6 Å². The molecule has 1 aliphatic rings. The molecule has 0 unspecified atom stereocenters. The first kappa shape index (κ1) is 19.0. The molecular formula is C19H18N4O5. The summed E-state index contributed by atoms with van der Waals surface area (Å²) in [6.45, 7) is 1.80. The number of nitrogens with two attached hydrogens (primary N) is 1. The number of rotatable bonds is 4. The van der Waals surface area contributed by atoms with E-state index in [-0.39, 0.29) is 11.4 Å². The molecule has 0 amide bonds. The molecule has 0 bridgehead atoms. The van der Waals surface area contributed by atoms with Crippen LogP contribution in [0.3, 0.4) is 0 Å². The van der Waals surface area contributed by atoms with Gasteiger partial charge >= 0.3 is 11.9 Å². The average molecular weight is 382 g/mol. The molecule has 28 heavy (non-hydrogen) atoms. The molecule has 1 aliphatic heterocycles. The molecule has 2 aromatic rings. The van der Waals surface area contributed by atoms with Crippen LogP contribution in [0, 0.1) is 11.3 Å². The minimum atomic E-state index is -2.23. The molecular weight excluding hydrogens is 364 g/mol. The molecule has 0 spiro atoms. The summed E-state index contributed by atoms with van der Waals surface area (Å²) in [7, 11) is 2.22. The number of hydrogen-bond donors (Lipinski definition) is 1. The maximum Gasteiger partial charge on any atom is 0.333 e. The molecule has 2 N–H and O–H groups in total. The number of nitrogens with zero attached hydrogens (tertiary/aromatic N) is 3. The van der Waals surface area contributed by atoms with Crippen molar-refractivity contribution < 1.29 is 23.8 Å². The van der Waals surface area contributed by atoms with Crippen molar-refractivity contribution in [2.24, 2.45) is 5.73 Å². The van der Waals surface area contributed by atoms with Crippen LogP contribution in [0.15, 0.2) is 41.8 Å². The van der Waals surface area contributed by atoms with E-state index < -0.39 is 28.8 Å². The molecule has 0 fully saturated rings. The third kappa shape index (κ3) is 2.42. The van der Waals surface area contributed by atoms with Crippen LogP contribution in [-0.4, -0.2) is 35.9 Å². The van der Waals surface area contributed by atoms with Crippen LogP contribution >= 0.6 is 0 Å². The lowest BCUT2D eigenvalue weighted by Gasteiger charge is -2.32. The highest BCUT2D eigenvalue weighted by molar-refractivity contribution is 6.12. The second-order valence-electron chi connectivity index (χ2n) is 5.91. The van der Waals surface area contributed by atoms with Crippen molar-refractivity contribution in [1.29, 1.82) is 5.26 Å². The molecule has 1 aromatic heterocycles. The van der Waals surface area contributed by atoms with E-state index in [1.54, 1.807) is 31.2 Å². The van der Waals surface area contributed by atoms with E-state index in [4.69, 9.17) is 19.9 Å². The van der Waals surface area contributed by atoms with Gasteiger partial charge in [-0.15, -0.1) is 0 Å². The Hall–Kier alpha value is -3.80. The highest BCUT2D eigenvalue weighted by Crippen LogP contribution is 2.47. The van der Waals surface area contributed by atoms with Gasteiger partial charge in [-0.2, -0.15) is 10.4 Å². The lowest BCUT2D eigenvalue weighted by molar-refractivity contribution is -0.160. The summed E-state index contributed by atoms with van der Waals surface area (Å²) in [5, 5.41) is 14.2. The SMILES string of the molecule is CCc1nn(-c2ccccc2)c2c1C(C(=O)OC)(C(=O)OC)C(C#N)=C(N)O2. The quantitative estimate of drug-likeness (QED) is 0.615. The van der Waals surface area contributed by atoms with Gasteiger partial charge in [0.1, 0.15) is 11.6 Å². The molecule has 0 saturated heterocycles. The summed E-state index contributed by atoms with van der Waals surface area (Å²) in [6.07, 6.45) is 0.347. The summed E-state index contributed by atoms with van der Waals surface area (Å²) >= 11 is 0. The average Bonchev–Trinajstić information content (AvgIpc) is 3.10. The van der Waals surface area contributed by atoms with Crippen LogP contribution in [0.25, 0.3) is 5.69 Å². The molecule has 9 heteroatoms. The van der Waals surface area contributed by atoms with Gasteiger partial charge in [-0.3, -0.25) is 9.59 Å². The molecule has 0 radical (unpaired) electrons. The number of ether oxygens (including phenoxy) is 3. The maximum absolute atomic E-state index is 12.9. The summed E-state index contributed by atoms with van der Waals surface area (Å²) in [5.74, 6) is -2.36. The molecule has 144 valence electrons.